The Hall–Kier alpha value is -2.54. The highest BCUT2D eigenvalue weighted by molar-refractivity contribution is 5.90. The third kappa shape index (κ3) is 4.05. The van der Waals surface area contributed by atoms with Gasteiger partial charge in [-0.15, -0.1) is 5.10 Å². The van der Waals surface area contributed by atoms with Crippen molar-refractivity contribution in [2.24, 2.45) is 0 Å². The van der Waals surface area contributed by atoms with Crippen molar-refractivity contribution in [2.75, 3.05) is 18.5 Å². The van der Waals surface area contributed by atoms with E-state index in [1.807, 2.05) is 13.0 Å². The summed E-state index contributed by atoms with van der Waals surface area (Å²) >= 11 is 0. The Morgan fingerprint density at radius 2 is 2.25 bits per heavy atom. The Morgan fingerprint density at radius 3 is 2.96 bits per heavy atom. The Balaban J connectivity index is 1.53. The van der Waals surface area contributed by atoms with Gasteiger partial charge in [-0.3, -0.25) is 4.79 Å². The van der Waals surface area contributed by atoms with Gasteiger partial charge in [-0.1, -0.05) is 6.07 Å². The largest absolute Gasteiger partial charge is 0.481 e. The number of amides is 1. The minimum Gasteiger partial charge on any atom is -0.481 e. The molecule has 3 rings (SSSR count). The Bertz CT molecular complexity index is 715. The van der Waals surface area contributed by atoms with Gasteiger partial charge in [-0.25, -0.2) is 4.39 Å². The minimum absolute atomic E-state index is 0.0545. The van der Waals surface area contributed by atoms with E-state index in [1.54, 1.807) is 18.2 Å². The predicted molar refractivity (Wildman–Crippen MR) is 87.3 cm³/mol. The molecule has 0 spiro atoms. The normalized spacial score (nSPS) is 16.8. The highest BCUT2D eigenvalue weighted by atomic mass is 19.1. The lowest BCUT2D eigenvalue weighted by atomic mass is 10.1. The number of carbonyl (C=O) groups is 1. The van der Waals surface area contributed by atoms with Crippen LogP contribution in [0.2, 0.25) is 0 Å². The quantitative estimate of drug-likeness (QED) is 0.880. The number of aromatic nitrogens is 2. The monoisotopic (exact) mass is 330 g/mol. The average Bonchev–Trinajstić information content (AvgIpc) is 3.11. The second-order valence-electron chi connectivity index (χ2n) is 5.76. The maximum atomic E-state index is 13.6. The van der Waals surface area contributed by atoms with Crippen LogP contribution in [0, 0.1) is 12.7 Å². The van der Waals surface area contributed by atoms with E-state index in [0.29, 0.717) is 5.82 Å². The molecule has 7 heteroatoms. The molecule has 0 saturated carbocycles. The number of carbonyl (C=O) groups excluding carboxylic acids is 1. The Kier molecular flexibility index (Phi) is 5.00. The van der Waals surface area contributed by atoms with E-state index < -0.39 is 11.7 Å². The van der Waals surface area contributed by atoms with Crippen molar-refractivity contribution < 1.29 is 13.9 Å². The van der Waals surface area contributed by atoms with Gasteiger partial charge in [0.05, 0.1) is 11.7 Å². The molecule has 1 aromatic carbocycles. The fourth-order valence-corrected chi connectivity index (χ4v) is 2.58. The molecule has 1 aromatic heterocycles. The van der Waals surface area contributed by atoms with E-state index in [0.717, 1.165) is 30.6 Å². The van der Waals surface area contributed by atoms with Crippen molar-refractivity contribution in [3.8, 4) is 5.75 Å². The maximum Gasteiger partial charge on any atom is 0.263 e. The molecule has 1 aliphatic heterocycles. The fourth-order valence-electron chi connectivity index (χ4n) is 2.58. The molecule has 0 radical (unpaired) electrons. The number of nitrogens with one attached hydrogen (secondary N) is 2. The lowest BCUT2D eigenvalue weighted by Gasteiger charge is -2.10. The van der Waals surface area contributed by atoms with Gasteiger partial charge in [0.2, 0.25) is 0 Å². The number of benzene rings is 1. The summed E-state index contributed by atoms with van der Waals surface area (Å²) in [7, 11) is 0. The summed E-state index contributed by atoms with van der Waals surface area (Å²) in [4.78, 5) is 11.9. The summed E-state index contributed by atoms with van der Waals surface area (Å²) in [5.74, 6) is -0.521. The van der Waals surface area contributed by atoms with E-state index in [4.69, 9.17) is 4.74 Å². The molecule has 1 fully saturated rings. The summed E-state index contributed by atoms with van der Waals surface area (Å²) in [6.45, 7) is 2.51. The molecule has 2 aromatic rings. The van der Waals surface area contributed by atoms with Crippen LogP contribution in [0.4, 0.5) is 10.2 Å². The van der Waals surface area contributed by atoms with E-state index in [2.05, 4.69) is 20.8 Å². The van der Waals surface area contributed by atoms with Crippen LogP contribution in [-0.2, 0) is 4.79 Å². The molecule has 1 unspecified atom stereocenters. The van der Waals surface area contributed by atoms with E-state index in [1.165, 1.54) is 6.07 Å². The molecule has 2 heterocycles. The van der Waals surface area contributed by atoms with Crippen molar-refractivity contribution in [1.82, 2.24) is 15.5 Å². The molecule has 6 nitrogen and oxygen atoms in total. The Labute approximate surface area is 139 Å². The smallest absolute Gasteiger partial charge is 0.263 e. The van der Waals surface area contributed by atoms with Crippen LogP contribution in [0.3, 0.4) is 0 Å². The van der Waals surface area contributed by atoms with Crippen LogP contribution in [-0.4, -0.2) is 29.3 Å². The lowest BCUT2D eigenvalue weighted by molar-refractivity contribution is -0.118. The predicted octanol–water partition coefficient (Wildman–Crippen LogP) is 2.37. The molecule has 1 atom stereocenters. The van der Waals surface area contributed by atoms with Gasteiger partial charge >= 0.3 is 0 Å². The zero-order valence-corrected chi connectivity index (χ0v) is 13.4. The molecule has 0 aliphatic carbocycles. The lowest BCUT2D eigenvalue weighted by Crippen LogP contribution is -2.22. The first-order valence-electron chi connectivity index (χ1n) is 7.87. The molecule has 0 bridgehead atoms. The van der Waals surface area contributed by atoms with Gasteiger partial charge in [0.15, 0.2) is 24.0 Å². The second-order valence-corrected chi connectivity index (χ2v) is 5.76. The van der Waals surface area contributed by atoms with Gasteiger partial charge < -0.3 is 15.4 Å². The third-order valence-electron chi connectivity index (χ3n) is 3.82. The van der Waals surface area contributed by atoms with Crippen molar-refractivity contribution in [2.45, 2.75) is 25.8 Å². The number of hydrogen-bond acceptors (Lipinski definition) is 5. The SMILES string of the molecule is Cc1ccc(F)c(OCC(=O)Nc2ccc(C3CCCN3)nn2)c1. The molecule has 1 amide bonds. The molecule has 2 N–H and O–H groups in total. The van der Waals surface area contributed by atoms with Gasteiger partial charge in [0, 0.05) is 0 Å². The highest BCUT2D eigenvalue weighted by Gasteiger charge is 2.18. The standard InChI is InChI=1S/C17H19FN4O2/c1-11-4-5-12(18)15(9-11)24-10-17(23)20-16-7-6-14(21-22-16)13-3-2-8-19-13/h4-7,9,13,19H,2-3,8,10H2,1H3,(H,20,22,23). The fraction of sp³-hybridized carbons (Fsp3) is 0.353. The third-order valence-corrected chi connectivity index (χ3v) is 3.82. The van der Waals surface area contributed by atoms with Gasteiger partial charge in [-0.2, -0.15) is 5.10 Å². The van der Waals surface area contributed by atoms with Crippen LogP contribution in [0.1, 0.15) is 30.1 Å². The first kappa shape index (κ1) is 16.3. The van der Waals surface area contributed by atoms with E-state index >= 15 is 0 Å². The number of hydrogen-bond donors (Lipinski definition) is 2. The summed E-state index contributed by atoms with van der Waals surface area (Å²) in [5.41, 5.74) is 1.72. The molecule has 126 valence electrons. The van der Waals surface area contributed by atoms with Gasteiger partial charge in [0.25, 0.3) is 5.91 Å². The summed E-state index contributed by atoms with van der Waals surface area (Å²) in [6, 6.07) is 8.27. The van der Waals surface area contributed by atoms with E-state index in [9.17, 15) is 9.18 Å². The van der Waals surface area contributed by atoms with Crippen molar-refractivity contribution >= 4 is 11.7 Å². The van der Waals surface area contributed by atoms with Crippen LogP contribution >= 0.6 is 0 Å². The Morgan fingerprint density at radius 1 is 1.38 bits per heavy atom. The summed E-state index contributed by atoms with van der Waals surface area (Å²) in [5, 5.41) is 14.0. The van der Waals surface area contributed by atoms with Gasteiger partial charge in [0.1, 0.15) is 0 Å². The van der Waals surface area contributed by atoms with Crippen LogP contribution in [0.5, 0.6) is 5.75 Å². The first-order valence-corrected chi connectivity index (χ1v) is 7.87. The van der Waals surface area contributed by atoms with E-state index in [-0.39, 0.29) is 18.4 Å². The van der Waals surface area contributed by atoms with Crippen LogP contribution in [0.25, 0.3) is 0 Å². The molecular formula is C17H19FN4O2. The van der Waals surface area contributed by atoms with Crippen molar-refractivity contribution in [1.29, 1.82) is 0 Å². The number of aryl methyl sites for hydroxylation is 1. The average molecular weight is 330 g/mol. The zero-order chi connectivity index (χ0) is 16.9. The topological polar surface area (TPSA) is 76.1 Å². The van der Waals surface area contributed by atoms with Crippen LogP contribution in [0.15, 0.2) is 30.3 Å². The number of nitrogens with zero attached hydrogens (tertiary/aromatic N) is 2. The van der Waals surface area contributed by atoms with Crippen molar-refractivity contribution in [3.05, 3.63) is 47.4 Å². The number of anilines is 1. The molecule has 24 heavy (non-hydrogen) atoms. The molecule has 1 saturated heterocycles. The minimum atomic E-state index is -0.499. The first-order chi connectivity index (χ1) is 11.6. The van der Waals surface area contributed by atoms with Crippen molar-refractivity contribution in [3.63, 3.8) is 0 Å². The second kappa shape index (κ2) is 7.35. The zero-order valence-electron chi connectivity index (χ0n) is 13.4. The molecular weight excluding hydrogens is 311 g/mol. The summed E-state index contributed by atoms with van der Waals surface area (Å²) < 4.78 is 18.8. The molecule has 1 aliphatic rings. The maximum absolute atomic E-state index is 13.6. The highest BCUT2D eigenvalue weighted by Crippen LogP contribution is 2.21. The van der Waals surface area contributed by atoms with Gasteiger partial charge in [-0.05, 0) is 56.1 Å². The number of rotatable bonds is 5. The number of ether oxygens (including phenoxy) is 1. The summed E-state index contributed by atoms with van der Waals surface area (Å²) in [6.07, 6.45) is 2.16. The number of halogens is 1. The van der Waals surface area contributed by atoms with Crippen LogP contribution < -0.4 is 15.4 Å².